The first kappa shape index (κ1) is 18.6. The Morgan fingerprint density at radius 1 is 1.26 bits per heavy atom. The van der Waals surface area contributed by atoms with Crippen LogP contribution in [0.2, 0.25) is 0 Å². The Morgan fingerprint density at radius 2 is 2.00 bits per heavy atom. The first-order valence-corrected chi connectivity index (χ1v) is 8.17. The number of benzene rings is 2. The smallest absolute Gasteiger partial charge is 0.204 e. The van der Waals surface area contributed by atoms with Crippen LogP contribution in [0.15, 0.2) is 46.1 Å². The third kappa shape index (κ3) is 3.41. The first-order chi connectivity index (χ1) is 12.8. The zero-order valence-electron chi connectivity index (χ0n) is 15.2. The fourth-order valence-electron chi connectivity index (χ4n) is 2.58. The number of hydrogen-bond acceptors (Lipinski definition) is 7. The minimum absolute atomic E-state index is 0.00763. The maximum atomic E-state index is 12.8. The molecule has 0 aliphatic carbocycles. The van der Waals surface area contributed by atoms with Gasteiger partial charge < -0.3 is 28.8 Å². The molecule has 0 amide bonds. The van der Waals surface area contributed by atoms with E-state index in [-0.39, 0.29) is 51.7 Å². The molecular formula is C20H20O7. The van der Waals surface area contributed by atoms with Crippen molar-refractivity contribution in [2.75, 3.05) is 13.9 Å². The molecule has 1 heterocycles. The molecule has 142 valence electrons. The van der Waals surface area contributed by atoms with E-state index in [0.717, 1.165) is 0 Å². The quantitative estimate of drug-likeness (QED) is 0.387. The van der Waals surface area contributed by atoms with E-state index >= 15 is 0 Å². The van der Waals surface area contributed by atoms with Crippen molar-refractivity contribution in [2.24, 2.45) is 0 Å². The Morgan fingerprint density at radius 3 is 2.67 bits per heavy atom. The second kappa shape index (κ2) is 6.85. The predicted octanol–water partition coefficient (Wildman–Crippen LogP) is 3.68. The van der Waals surface area contributed by atoms with E-state index in [1.807, 2.05) is 0 Å². The zero-order chi connectivity index (χ0) is 19.8. The average Bonchev–Trinajstić information content (AvgIpc) is 2.62. The number of phenolic OH excluding ortho intramolecular Hbond substituents is 2. The lowest BCUT2D eigenvalue weighted by molar-refractivity contribution is 0.0510. The maximum Gasteiger partial charge on any atom is 0.204 e. The van der Waals surface area contributed by atoms with E-state index in [0.29, 0.717) is 0 Å². The van der Waals surface area contributed by atoms with Crippen molar-refractivity contribution in [2.45, 2.75) is 19.4 Å². The molecule has 0 saturated carbocycles. The van der Waals surface area contributed by atoms with Crippen LogP contribution < -0.4 is 14.9 Å². The van der Waals surface area contributed by atoms with Crippen LogP contribution in [0.1, 0.15) is 13.8 Å². The number of phenols is 2. The van der Waals surface area contributed by atoms with Gasteiger partial charge in [-0.3, -0.25) is 4.79 Å². The largest absolute Gasteiger partial charge is 0.507 e. The van der Waals surface area contributed by atoms with E-state index in [4.69, 9.17) is 18.6 Å². The summed E-state index contributed by atoms with van der Waals surface area (Å²) in [6.07, 6.45) is 1.59. The van der Waals surface area contributed by atoms with Gasteiger partial charge in [0.1, 0.15) is 28.1 Å². The summed E-state index contributed by atoms with van der Waals surface area (Å²) in [5.74, 6) is -0.207. The van der Waals surface area contributed by atoms with Crippen molar-refractivity contribution in [1.82, 2.24) is 0 Å². The van der Waals surface area contributed by atoms with Crippen LogP contribution in [0.25, 0.3) is 21.9 Å². The van der Waals surface area contributed by atoms with Crippen LogP contribution in [0, 0.1) is 0 Å². The molecule has 3 rings (SSSR count). The number of methoxy groups -OCH3 is 1. The summed E-state index contributed by atoms with van der Waals surface area (Å²) in [5, 5.41) is 20.9. The van der Waals surface area contributed by atoms with Crippen molar-refractivity contribution in [1.29, 1.82) is 0 Å². The SMILES string of the molecule is C=CC(C)(C)Oc1ccc2c(=O)c3c(O)cc(OCOC)cc3oc2c1O. The van der Waals surface area contributed by atoms with E-state index < -0.39 is 11.0 Å². The highest BCUT2D eigenvalue weighted by molar-refractivity contribution is 5.96. The highest BCUT2D eigenvalue weighted by atomic mass is 16.7. The Bertz CT molecular complexity index is 1080. The number of ether oxygens (including phenoxy) is 3. The monoisotopic (exact) mass is 372 g/mol. The van der Waals surface area contributed by atoms with Crippen molar-refractivity contribution >= 4 is 21.9 Å². The fraction of sp³-hybridized carbons (Fsp3) is 0.250. The lowest BCUT2D eigenvalue weighted by atomic mass is 10.1. The van der Waals surface area contributed by atoms with Gasteiger partial charge in [-0.1, -0.05) is 6.58 Å². The molecule has 0 fully saturated rings. The molecule has 27 heavy (non-hydrogen) atoms. The molecule has 0 saturated heterocycles. The first-order valence-electron chi connectivity index (χ1n) is 8.17. The molecule has 0 aliphatic rings. The summed E-state index contributed by atoms with van der Waals surface area (Å²) < 4.78 is 21.5. The fourth-order valence-corrected chi connectivity index (χ4v) is 2.58. The third-order valence-corrected chi connectivity index (χ3v) is 4.04. The summed E-state index contributed by atoms with van der Waals surface area (Å²) in [7, 11) is 1.46. The van der Waals surface area contributed by atoms with Gasteiger partial charge in [0, 0.05) is 19.2 Å². The molecular weight excluding hydrogens is 352 g/mol. The minimum Gasteiger partial charge on any atom is -0.507 e. The molecule has 0 radical (unpaired) electrons. The minimum atomic E-state index is -0.734. The molecule has 0 atom stereocenters. The van der Waals surface area contributed by atoms with Crippen LogP contribution in [0.5, 0.6) is 23.0 Å². The van der Waals surface area contributed by atoms with E-state index in [9.17, 15) is 15.0 Å². The standard InChI is InChI=1S/C20H20O7/c1-5-20(2,3)27-14-7-6-12-17(22)16-13(21)8-11(25-10-24-4)9-15(16)26-19(12)18(14)23/h5-9,21,23H,1,10H2,2-4H3. The highest BCUT2D eigenvalue weighted by Crippen LogP contribution is 2.38. The molecule has 1 aromatic heterocycles. The molecule has 2 N–H and O–H groups in total. The summed E-state index contributed by atoms with van der Waals surface area (Å²) in [5.41, 5.74) is -1.20. The summed E-state index contributed by atoms with van der Waals surface area (Å²) in [6, 6.07) is 5.69. The lowest BCUT2D eigenvalue weighted by Gasteiger charge is -2.23. The van der Waals surface area contributed by atoms with Crippen LogP contribution in [0.4, 0.5) is 0 Å². The molecule has 0 aliphatic heterocycles. The molecule has 7 heteroatoms. The average molecular weight is 372 g/mol. The topological polar surface area (TPSA) is 98.4 Å². The second-order valence-electron chi connectivity index (χ2n) is 6.50. The number of rotatable bonds is 6. The summed E-state index contributed by atoms with van der Waals surface area (Å²) >= 11 is 0. The van der Waals surface area contributed by atoms with Gasteiger partial charge in [0.25, 0.3) is 0 Å². The number of hydrogen-bond donors (Lipinski definition) is 2. The number of fused-ring (bicyclic) bond motifs is 2. The van der Waals surface area contributed by atoms with Crippen molar-refractivity contribution in [3.8, 4) is 23.0 Å². The highest BCUT2D eigenvalue weighted by Gasteiger charge is 2.22. The third-order valence-electron chi connectivity index (χ3n) is 4.04. The van der Waals surface area contributed by atoms with Gasteiger partial charge in [0.2, 0.25) is 11.2 Å². The van der Waals surface area contributed by atoms with Crippen molar-refractivity contribution in [3.63, 3.8) is 0 Å². The second-order valence-corrected chi connectivity index (χ2v) is 6.50. The van der Waals surface area contributed by atoms with Crippen molar-refractivity contribution in [3.05, 3.63) is 47.1 Å². The van der Waals surface area contributed by atoms with Gasteiger partial charge >= 0.3 is 0 Å². The van der Waals surface area contributed by atoms with Crippen molar-refractivity contribution < 1.29 is 28.8 Å². The van der Waals surface area contributed by atoms with E-state index in [1.54, 1.807) is 19.9 Å². The molecule has 0 bridgehead atoms. The molecule has 7 nitrogen and oxygen atoms in total. The zero-order valence-corrected chi connectivity index (χ0v) is 15.2. The van der Waals surface area contributed by atoms with Gasteiger partial charge in [-0.05, 0) is 32.1 Å². The summed E-state index contributed by atoms with van der Waals surface area (Å²) in [4.78, 5) is 12.8. The van der Waals surface area contributed by atoms with E-state index in [2.05, 4.69) is 6.58 Å². The van der Waals surface area contributed by atoms with Gasteiger partial charge in [0.05, 0.1) is 5.39 Å². The molecule has 0 spiro atoms. The van der Waals surface area contributed by atoms with Crippen LogP contribution in [-0.4, -0.2) is 29.7 Å². The summed E-state index contributed by atoms with van der Waals surface area (Å²) in [6.45, 7) is 7.20. The maximum absolute atomic E-state index is 12.8. The normalized spacial score (nSPS) is 11.7. The molecule has 0 unspecified atom stereocenters. The van der Waals surface area contributed by atoms with Gasteiger partial charge in [-0.2, -0.15) is 0 Å². The van der Waals surface area contributed by atoms with Gasteiger partial charge in [-0.15, -0.1) is 0 Å². The number of aromatic hydroxyl groups is 2. The Kier molecular flexibility index (Phi) is 4.72. The van der Waals surface area contributed by atoms with Crippen LogP contribution in [-0.2, 0) is 4.74 Å². The Hall–Kier alpha value is -3.19. The van der Waals surface area contributed by atoms with E-state index in [1.165, 1.54) is 31.4 Å². The van der Waals surface area contributed by atoms with Gasteiger partial charge in [0.15, 0.2) is 18.1 Å². The van der Waals surface area contributed by atoms with Crippen LogP contribution >= 0.6 is 0 Å². The Labute approximate surface area is 155 Å². The molecule has 3 aromatic rings. The van der Waals surface area contributed by atoms with Gasteiger partial charge in [-0.25, -0.2) is 0 Å². The van der Waals surface area contributed by atoms with Crippen LogP contribution in [0.3, 0.4) is 0 Å². The lowest BCUT2D eigenvalue weighted by Crippen LogP contribution is -2.24. The Balaban J connectivity index is 2.24. The predicted molar refractivity (Wildman–Crippen MR) is 101 cm³/mol. The molecule has 2 aromatic carbocycles.